The minimum atomic E-state index is 0.909. The van der Waals surface area contributed by atoms with Crippen molar-refractivity contribution in [3.63, 3.8) is 0 Å². The molecule has 0 aliphatic heterocycles. The molecular formula is C43H36N2. The average molecular weight is 581 g/mol. The molecule has 0 spiro atoms. The van der Waals surface area contributed by atoms with Crippen LogP contribution < -0.4 is 9.80 Å². The number of hydrogen-bond acceptors (Lipinski definition) is 2. The summed E-state index contributed by atoms with van der Waals surface area (Å²) in [6, 6.07) is 49.1. The first-order chi connectivity index (χ1) is 22.0. The fourth-order valence-electron chi connectivity index (χ4n) is 7.04. The highest BCUT2D eigenvalue weighted by Gasteiger charge is 2.27. The SMILES string of the molecule is Cc1ccc(N(c2ccccc2)c2ccc3ccc4c(N(c5ccccc5)c5ccc(C)c(C)c5)ccc5c4c3c2C5)cc1C. The van der Waals surface area contributed by atoms with Crippen molar-refractivity contribution in [2.45, 2.75) is 34.1 Å². The Labute approximate surface area is 265 Å². The van der Waals surface area contributed by atoms with Crippen molar-refractivity contribution in [3.8, 4) is 0 Å². The van der Waals surface area contributed by atoms with Crippen LogP contribution in [0.15, 0.2) is 133 Å². The Kier molecular flexibility index (Phi) is 6.46. The first-order valence-electron chi connectivity index (χ1n) is 15.8. The molecular weight excluding hydrogens is 544 g/mol. The zero-order valence-corrected chi connectivity index (χ0v) is 26.3. The van der Waals surface area contributed by atoms with E-state index in [0.717, 1.165) is 12.1 Å². The second kappa shape index (κ2) is 10.7. The Morgan fingerprint density at radius 2 is 0.956 bits per heavy atom. The van der Waals surface area contributed by atoms with E-state index in [9.17, 15) is 0 Å². The zero-order valence-electron chi connectivity index (χ0n) is 26.3. The number of aryl methyl sites for hydroxylation is 4. The quantitative estimate of drug-likeness (QED) is 0.181. The van der Waals surface area contributed by atoms with Gasteiger partial charge in [-0.25, -0.2) is 0 Å². The number of rotatable bonds is 6. The number of anilines is 6. The number of hydrogen-bond donors (Lipinski definition) is 0. The van der Waals surface area contributed by atoms with Gasteiger partial charge in [0.25, 0.3) is 0 Å². The van der Waals surface area contributed by atoms with E-state index in [4.69, 9.17) is 0 Å². The highest BCUT2D eigenvalue weighted by molar-refractivity contribution is 6.19. The first kappa shape index (κ1) is 27.2. The Morgan fingerprint density at radius 3 is 1.53 bits per heavy atom. The molecule has 0 bridgehead atoms. The maximum absolute atomic E-state index is 2.44. The van der Waals surface area contributed by atoms with E-state index in [-0.39, 0.29) is 0 Å². The topological polar surface area (TPSA) is 6.48 Å². The van der Waals surface area contributed by atoms with E-state index in [2.05, 4.69) is 171 Å². The Morgan fingerprint density at radius 1 is 0.422 bits per heavy atom. The maximum atomic E-state index is 2.44. The summed E-state index contributed by atoms with van der Waals surface area (Å²) < 4.78 is 0. The van der Waals surface area contributed by atoms with Gasteiger partial charge in [0.05, 0.1) is 11.4 Å². The van der Waals surface area contributed by atoms with E-state index in [1.165, 1.54) is 83.4 Å². The molecule has 8 rings (SSSR count). The van der Waals surface area contributed by atoms with Crippen molar-refractivity contribution < 1.29 is 0 Å². The molecule has 0 unspecified atom stereocenters. The van der Waals surface area contributed by atoms with Gasteiger partial charge in [0.15, 0.2) is 0 Å². The smallest absolute Gasteiger partial charge is 0.0540 e. The van der Waals surface area contributed by atoms with Gasteiger partial charge < -0.3 is 9.80 Å². The van der Waals surface area contributed by atoms with Crippen molar-refractivity contribution in [2.24, 2.45) is 0 Å². The van der Waals surface area contributed by atoms with Crippen LogP contribution in [0.1, 0.15) is 33.4 Å². The standard InChI is InChI=1S/C43H36N2/c1-28-15-20-36(25-30(28)3)44(34-11-7-5-8-12-34)40-24-19-33-27-39-41(23-18-32-17-22-38(40)43(33)42(32)39)45(35-13-9-6-10-14-35)37-21-16-29(2)31(4)26-37/h5-26H,27H2,1-4H3. The van der Waals surface area contributed by atoms with Crippen LogP contribution in [0.3, 0.4) is 0 Å². The van der Waals surface area contributed by atoms with Crippen LogP contribution in [0, 0.1) is 27.7 Å². The van der Waals surface area contributed by atoms with Crippen molar-refractivity contribution in [1.29, 1.82) is 0 Å². The molecule has 0 heterocycles. The van der Waals surface area contributed by atoms with Crippen LogP contribution in [-0.2, 0) is 6.42 Å². The third-order valence-corrected chi connectivity index (χ3v) is 9.68. The fourth-order valence-corrected chi connectivity index (χ4v) is 7.04. The minimum Gasteiger partial charge on any atom is -0.310 e. The molecule has 1 aliphatic carbocycles. The number of nitrogens with zero attached hydrogens (tertiary/aromatic N) is 2. The molecule has 45 heavy (non-hydrogen) atoms. The second-order valence-corrected chi connectivity index (χ2v) is 12.4. The monoisotopic (exact) mass is 580 g/mol. The number of benzene rings is 7. The van der Waals surface area contributed by atoms with E-state index < -0.39 is 0 Å². The molecule has 0 N–H and O–H groups in total. The average Bonchev–Trinajstić information content (AvgIpc) is 3.47. The molecule has 0 atom stereocenters. The van der Waals surface area contributed by atoms with Gasteiger partial charge in [-0.05, 0) is 138 Å². The molecule has 0 saturated heterocycles. The molecule has 2 nitrogen and oxygen atoms in total. The van der Waals surface area contributed by atoms with Gasteiger partial charge >= 0.3 is 0 Å². The number of para-hydroxylation sites is 2. The molecule has 7 aromatic carbocycles. The summed E-state index contributed by atoms with van der Waals surface area (Å²) in [7, 11) is 0. The van der Waals surface area contributed by atoms with Crippen molar-refractivity contribution >= 4 is 55.7 Å². The highest BCUT2D eigenvalue weighted by atomic mass is 15.2. The third-order valence-electron chi connectivity index (χ3n) is 9.68. The van der Waals surface area contributed by atoms with Crippen molar-refractivity contribution in [2.75, 3.05) is 9.80 Å². The van der Waals surface area contributed by atoms with E-state index >= 15 is 0 Å². The van der Waals surface area contributed by atoms with E-state index in [1.807, 2.05) is 0 Å². The lowest BCUT2D eigenvalue weighted by molar-refractivity contribution is 1.19. The predicted octanol–water partition coefficient (Wildman–Crippen LogP) is 12.1. The minimum absolute atomic E-state index is 0.909. The molecule has 0 saturated carbocycles. The van der Waals surface area contributed by atoms with Gasteiger partial charge in [-0.1, -0.05) is 72.8 Å². The highest BCUT2D eigenvalue weighted by Crippen LogP contribution is 2.49. The lowest BCUT2D eigenvalue weighted by Gasteiger charge is -2.28. The molecule has 218 valence electrons. The van der Waals surface area contributed by atoms with Crippen molar-refractivity contribution in [3.05, 3.63) is 167 Å². The molecule has 1 aliphatic rings. The fraction of sp³-hybridized carbons (Fsp3) is 0.116. The van der Waals surface area contributed by atoms with Gasteiger partial charge in [0.2, 0.25) is 0 Å². The summed E-state index contributed by atoms with van der Waals surface area (Å²) in [5, 5.41) is 5.33. The summed E-state index contributed by atoms with van der Waals surface area (Å²) >= 11 is 0. The Bertz CT molecular complexity index is 2230. The maximum Gasteiger partial charge on any atom is 0.0540 e. The van der Waals surface area contributed by atoms with Crippen molar-refractivity contribution in [1.82, 2.24) is 0 Å². The molecule has 2 heteroatoms. The molecule has 7 aromatic rings. The van der Waals surface area contributed by atoms with Gasteiger partial charge in [0, 0.05) is 34.6 Å². The molecule has 0 amide bonds. The summed E-state index contributed by atoms with van der Waals surface area (Å²) in [5.41, 5.74) is 15.1. The second-order valence-electron chi connectivity index (χ2n) is 12.4. The molecule has 0 fully saturated rings. The Balaban J connectivity index is 1.38. The molecule has 0 aromatic heterocycles. The van der Waals surface area contributed by atoms with Crippen LogP contribution in [0.25, 0.3) is 21.5 Å². The third kappa shape index (κ3) is 4.48. The van der Waals surface area contributed by atoms with Gasteiger partial charge in [0.1, 0.15) is 0 Å². The summed E-state index contributed by atoms with van der Waals surface area (Å²) in [5.74, 6) is 0. The van der Waals surface area contributed by atoms with E-state index in [0.29, 0.717) is 0 Å². The van der Waals surface area contributed by atoms with Gasteiger partial charge in [-0.3, -0.25) is 0 Å². The Hall–Kier alpha value is -5.34. The summed E-state index contributed by atoms with van der Waals surface area (Å²) in [6.07, 6.45) is 0.909. The van der Waals surface area contributed by atoms with Gasteiger partial charge in [-0.2, -0.15) is 0 Å². The zero-order chi connectivity index (χ0) is 30.7. The predicted molar refractivity (Wildman–Crippen MR) is 193 cm³/mol. The van der Waals surface area contributed by atoms with Crippen LogP contribution in [-0.4, -0.2) is 0 Å². The normalized spacial score (nSPS) is 11.9. The van der Waals surface area contributed by atoms with Crippen LogP contribution in [0.2, 0.25) is 0 Å². The summed E-state index contributed by atoms with van der Waals surface area (Å²) in [4.78, 5) is 4.86. The van der Waals surface area contributed by atoms with Gasteiger partial charge in [-0.15, -0.1) is 0 Å². The van der Waals surface area contributed by atoms with E-state index in [1.54, 1.807) is 0 Å². The van der Waals surface area contributed by atoms with Crippen LogP contribution in [0.4, 0.5) is 34.1 Å². The van der Waals surface area contributed by atoms with Crippen LogP contribution in [0.5, 0.6) is 0 Å². The largest absolute Gasteiger partial charge is 0.310 e. The van der Waals surface area contributed by atoms with Crippen LogP contribution >= 0.6 is 0 Å². The lowest BCUT2D eigenvalue weighted by Crippen LogP contribution is -2.12. The lowest BCUT2D eigenvalue weighted by atomic mass is 9.98. The first-order valence-corrected chi connectivity index (χ1v) is 15.8. The summed E-state index contributed by atoms with van der Waals surface area (Å²) in [6.45, 7) is 8.77. The molecule has 0 radical (unpaired) electrons.